The number of aromatic nitrogens is 4. The van der Waals surface area contributed by atoms with Gasteiger partial charge in [0.25, 0.3) is 0 Å². The topological polar surface area (TPSA) is 56.7 Å². The third-order valence-electron chi connectivity index (χ3n) is 11.1. The molecule has 0 unspecified atom stereocenters. The van der Waals surface area contributed by atoms with Crippen molar-refractivity contribution < 1.29 is 4.42 Å². The highest BCUT2D eigenvalue weighted by Crippen LogP contribution is 2.42. The second-order valence-electron chi connectivity index (χ2n) is 14.4. The van der Waals surface area contributed by atoms with Crippen LogP contribution in [0.5, 0.6) is 0 Å². The molecule has 0 aliphatic heterocycles. The predicted octanol–water partition coefficient (Wildman–Crippen LogP) is 13.9. The summed E-state index contributed by atoms with van der Waals surface area (Å²) in [5.74, 6) is 1.87. The molecule has 8 aromatic carbocycles. The average molecular weight is 747 g/mol. The van der Waals surface area contributed by atoms with Crippen LogP contribution in [-0.4, -0.2) is 19.5 Å². The lowest BCUT2D eigenvalue weighted by molar-refractivity contribution is 0.669. The van der Waals surface area contributed by atoms with E-state index in [-0.39, 0.29) is 0 Å². The van der Waals surface area contributed by atoms with Crippen molar-refractivity contribution in [1.29, 1.82) is 0 Å². The van der Waals surface area contributed by atoms with Crippen molar-refractivity contribution in [2.75, 3.05) is 0 Å². The van der Waals surface area contributed by atoms with Crippen LogP contribution >= 0.6 is 11.3 Å². The zero-order valence-electron chi connectivity index (χ0n) is 30.4. The highest BCUT2D eigenvalue weighted by atomic mass is 32.1. The van der Waals surface area contributed by atoms with Gasteiger partial charge in [-0.05, 0) is 65.7 Å². The van der Waals surface area contributed by atoms with Gasteiger partial charge in [-0.3, -0.25) is 0 Å². The van der Waals surface area contributed by atoms with E-state index in [0.717, 1.165) is 65.7 Å². The van der Waals surface area contributed by atoms with Crippen LogP contribution in [0.3, 0.4) is 0 Å². The summed E-state index contributed by atoms with van der Waals surface area (Å²) < 4.78 is 11.4. The summed E-state index contributed by atoms with van der Waals surface area (Å²) in [4.78, 5) is 15.3. The number of fused-ring (bicyclic) bond motifs is 9. The molecule has 4 heterocycles. The van der Waals surface area contributed by atoms with E-state index < -0.39 is 0 Å². The molecule has 5 nitrogen and oxygen atoms in total. The molecule has 0 amide bonds. The Labute approximate surface area is 330 Å². The second kappa shape index (κ2) is 12.6. The van der Waals surface area contributed by atoms with Gasteiger partial charge in [0.05, 0.1) is 11.0 Å². The van der Waals surface area contributed by atoms with Gasteiger partial charge >= 0.3 is 0 Å². The lowest BCUT2D eigenvalue weighted by atomic mass is 9.98. The van der Waals surface area contributed by atoms with E-state index in [4.69, 9.17) is 19.4 Å². The predicted molar refractivity (Wildman–Crippen MR) is 236 cm³/mol. The second-order valence-corrected chi connectivity index (χ2v) is 15.4. The molecule has 0 aliphatic rings. The Hall–Kier alpha value is -7.41. The van der Waals surface area contributed by atoms with E-state index in [1.807, 2.05) is 30.3 Å². The molecule has 0 atom stereocenters. The quantitative estimate of drug-likeness (QED) is 0.176. The van der Waals surface area contributed by atoms with E-state index in [2.05, 4.69) is 156 Å². The number of nitrogens with zero attached hydrogens (tertiary/aromatic N) is 4. The molecule has 0 saturated carbocycles. The normalized spacial score (nSPS) is 11.9. The first kappa shape index (κ1) is 31.9. The maximum absolute atomic E-state index is 6.65. The molecule has 6 heteroatoms. The fraction of sp³-hybridized carbons (Fsp3) is 0. The minimum atomic E-state index is 0.596. The third-order valence-corrected chi connectivity index (χ3v) is 12.3. The molecule has 0 bridgehead atoms. The molecule has 12 aromatic rings. The number of furan rings is 1. The number of para-hydroxylation sites is 2. The molecular formula is C51H30N4OS. The SMILES string of the molecule is c1ccc(-c2nc(-c3ccc4c(c3)oc3cccc(-c5ccc6c7ccccc7n(-c7ccccc7)c6c5)c34)nc(-c3cccc4c3sc3ccccc34)n2)cc1. The van der Waals surface area contributed by atoms with Crippen LogP contribution in [0.25, 0.3) is 115 Å². The number of thiophene rings is 1. The Morgan fingerprint density at radius 3 is 1.93 bits per heavy atom. The molecule has 0 aliphatic carbocycles. The van der Waals surface area contributed by atoms with Crippen molar-refractivity contribution in [3.8, 4) is 51.0 Å². The maximum Gasteiger partial charge on any atom is 0.165 e. The third kappa shape index (κ3) is 5.04. The van der Waals surface area contributed by atoms with Crippen LogP contribution in [0, 0.1) is 0 Å². The molecule has 12 rings (SSSR count). The molecule has 266 valence electrons. The standard InChI is InChI=1S/C51H30N4OS/c1-3-13-31(14-4-1)49-52-50(54-51(53-49)41-21-11-20-39-38-18-8-10-24-46(38)57-48(39)41)33-26-28-40-45(30-33)56-44-23-12-19-35(47(40)44)32-25-27-37-36-17-7-9-22-42(36)55(43(37)29-32)34-15-5-2-6-16-34/h1-30H. The zero-order valence-corrected chi connectivity index (χ0v) is 31.2. The first-order valence-corrected chi connectivity index (χ1v) is 19.8. The molecule has 0 N–H and O–H groups in total. The van der Waals surface area contributed by atoms with Gasteiger partial charge in [0.1, 0.15) is 11.2 Å². The highest BCUT2D eigenvalue weighted by Gasteiger charge is 2.20. The summed E-state index contributed by atoms with van der Waals surface area (Å²) in [5.41, 5.74) is 10.1. The lowest BCUT2D eigenvalue weighted by Gasteiger charge is -2.10. The molecule has 0 saturated heterocycles. The molecule has 0 radical (unpaired) electrons. The monoisotopic (exact) mass is 746 g/mol. The van der Waals surface area contributed by atoms with Crippen LogP contribution in [0.2, 0.25) is 0 Å². The Balaban J connectivity index is 1.02. The fourth-order valence-electron chi connectivity index (χ4n) is 8.46. The summed E-state index contributed by atoms with van der Waals surface area (Å²) in [6.45, 7) is 0. The van der Waals surface area contributed by atoms with Crippen LogP contribution in [-0.2, 0) is 0 Å². The minimum Gasteiger partial charge on any atom is -0.456 e. The number of hydrogen-bond donors (Lipinski definition) is 0. The smallest absolute Gasteiger partial charge is 0.165 e. The number of hydrogen-bond acceptors (Lipinski definition) is 5. The van der Waals surface area contributed by atoms with Gasteiger partial charge in [0.2, 0.25) is 0 Å². The van der Waals surface area contributed by atoms with E-state index in [0.29, 0.717) is 17.5 Å². The van der Waals surface area contributed by atoms with Crippen molar-refractivity contribution in [3.05, 3.63) is 182 Å². The van der Waals surface area contributed by atoms with Crippen LogP contribution in [0.15, 0.2) is 186 Å². The largest absolute Gasteiger partial charge is 0.456 e. The van der Waals surface area contributed by atoms with Crippen LogP contribution in [0.1, 0.15) is 0 Å². The van der Waals surface area contributed by atoms with Crippen LogP contribution in [0.4, 0.5) is 0 Å². The zero-order chi connectivity index (χ0) is 37.5. The summed E-state index contributed by atoms with van der Waals surface area (Å²) in [6.07, 6.45) is 0. The van der Waals surface area contributed by atoms with Crippen molar-refractivity contribution in [2.45, 2.75) is 0 Å². The minimum absolute atomic E-state index is 0.596. The van der Waals surface area contributed by atoms with E-state index in [1.165, 1.54) is 31.8 Å². The van der Waals surface area contributed by atoms with E-state index >= 15 is 0 Å². The Morgan fingerprint density at radius 1 is 0.404 bits per heavy atom. The van der Waals surface area contributed by atoms with Crippen molar-refractivity contribution in [1.82, 2.24) is 19.5 Å². The van der Waals surface area contributed by atoms with E-state index in [1.54, 1.807) is 11.3 Å². The van der Waals surface area contributed by atoms with Gasteiger partial charge < -0.3 is 8.98 Å². The van der Waals surface area contributed by atoms with Gasteiger partial charge in [-0.2, -0.15) is 0 Å². The van der Waals surface area contributed by atoms with Crippen LogP contribution < -0.4 is 0 Å². The number of benzene rings is 8. The van der Waals surface area contributed by atoms with Gasteiger partial charge in [-0.15, -0.1) is 11.3 Å². The van der Waals surface area contributed by atoms with Gasteiger partial charge in [-0.25, -0.2) is 15.0 Å². The lowest BCUT2D eigenvalue weighted by Crippen LogP contribution is -2.00. The summed E-state index contributed by atoms with van der Waals surface area (Å²) >= 11 is 1.77. The Morgan fingerprint density at radius 2 is 1.05 bits per heavy atom. The number of rotatable bonds is 5. The van der Waals surface area contributed by atoms with Crippen molar-refractivity contribution >= 4 is 75.3 Å². The van der Waals surface area contributed by atoms with E-state index in [9.17, 15) is 0 Å². The molecule has 4 aromatic heterocycles. The van der Waals surface area contributed by atoms with Gasteiger partial charge in [0.15, 0.2) is 17.5 Å². The molecule has 0 spiro atoms. The Kier molecular flexibility index (Phi) is 7.03. The Bertz CT molecular complexity index is 3530. The van der Waals surface area contributed by atoms with Crippen molar-refractivity contribution in [3.63, 3.8) is 0 Å². The summed E-state index contributed by atoms with van der Waals surface area (Å²) in [5, 5.41) is 7.03. The van der Waals surface area contributed by atoms with Gasteiger partial charge in [0, 0.05) is 64.1 Å². The summed E-state index contributed by atoms with van der Waals surface area (Å²) in [7, 11) is 0. The highest BCUT2D eigenvalue weighted by molar-refractivity contribution is 7.26. The first-order valence-electron chi connectivity index (χ1n) is 19.0. The summed E-state index contributed by atoms with van der Waals surface area (Å²) in [6, 6.07) is 63.8. The van der Waals surface area contributed by atoms with Gasteiger partial charge in [-0.1, -0.05) is 127 Å². The molecule has 0 fully saturated rings. The average Bonchev–Trinajstić information content (AvgIpc) is 3.96. The maximum atomic E-state index is 6.65. The first-order chi connectivity index (χ1) is 28.2. The van der Waals surface area contributed by atoms with Crippen molar-refractivity contribution in [2.24, 2.45) is 0 Å². The molecular weight excluding hydrogens is 717 g/mol. The molecule has 57 heavy (non-hydrogen) atoms. The fourth-order valence-corrected chi connectivity index (χ4v) is 9.68.